The van der Waals surface area contributed by atoms with E-state index in [9.17, 15) is 0 Å². The van der Waals surface area contributed by atoms with Crippen LogP contribution in [0.5, 0.6) is 0 Å². The smallest absolute Gasteiger partial charge is 0.0597 e. The number of nitrogens with one attached hydrogen (secondary N) is 1. The molecule has 1 unspecified atom stereocenters. The Balaban J connectivity index is 2.01. The number of aromatic nitrogens is 2. The lowest BCUT2D eigenvalue weighted by atomic mass is 10.2. The summed E-state index contributed by atoms with van der Waals surface area (Å²) in [5, 5.41) is 7.89. The van der Waals surface area contributed by atoms with Gasteiger partial charge in [0.05, 0.1) is 11.4 Å². The average molecular weight is 222 g/mol. The Morgan fingerprint density at radius 1 is 1.62 bits per heavy atom. The van der Waals surface area contributed by atoms with E-state index in [1.54, 1.807) is 0 Å². The van der Waals surface area contributed by atoms with Crippen molar-refractivity contribution in [1.29, 1.82) is 0 Å². The third-order valence-corrected chi connectivity index (χ3v) is 3.35. The normalized spacial score (nSPS) is 20.9. The molecule has 0 aromatic carbocycles. The molecule has 0 saturated carbocycles. The Bertz CT molecular complexity index is 339. The number of hydrogen-bond donors (Lipinski definition) is 1. The van der Waals surface area contributed by atoms with Crippen molar-refractivity contribution >= 4 is 0 Å². The van der Waals surface area contributed by atoms with E-state index in [4.69, 9.17) is 0 Å². The highest BCUT2D eigenvalue weighted by Crippen LogP contribution is 2.12. The summed E-state index contributed by atoms with van der Waals surface area (Å²) < 4.78 is 2.11. The second kappa shape index (κ2) is 4.97. The maximum atomic E-state index is 4.48. The minimum Gasteiger partial charge on any atom is -0.315 e. The largest absolute Gasteiger partial charge is 0.315 e. The fraction of sp³-hybridized carbons (Fsp3) is 0.750. The van der Waals surface area contributed by atoms with Crippen LogP contribution < -0.4 is 5.32 Å². The van der Waals surface area contributed by atoms with Crippen LogP contribution in [0.3, 0.4) is 0 Å². The number of nitrogens with zero attached hydrogens (tertiary/aromatic N) is 3. The molecular weight excluding hydrogens is 200 g/mol. The first kappa shape index (κ1) is 11.6. The highest BCUT2D eigenvalue weighted by molar-refractivity contribution is 5.09. The van der Waals surface area contributed by atoms with Gasteiger partial charge in [0.2, 0.25) is 0 Å². The minimum atomic E-state index is 0.681. The fourth-order valence-electron chi connectivity index (χ4n) is 2.40. The lowest BCUT2D eigenvalue weighted by Crippen LogP contribution is -2.33. The van der Waals surface area contributed by atoms with E-state index in [1.807, 2.05) is 0 Å². The second-order valence-corrected chi connectivity index (χ2v) is 4.65. The lowest BCUT2D eigenvalue weighted by Gasteiger charge is -2.23. The van der Waals surface area contributed by atoms with Crippen molar-refractivity contribution in [3.63, 3.8) is 0 Å². The van der Waals surface area contributed by atoms with Gasteiger partial charge in [-0.25, -0.2) is 0 Å². The summed E-state index contributed by atoms with van der Waals surface area (Å²) in [5.74, 6) is 0. The van der Waals surface area contributed by atoms with Crippen LogP contribution in [0.1, 0.15) is 24.7 Å². The molecule has 0 bridgehead atoms. The van der Waals surface area contributed by atoms with Crippen molar-refractivity contribution in [2.24, 2.45) is 0 Å². The molecule has 2 heterocycles. The van der Waals surface area contributed by atoms with Crippen molar-refractivity contribution in [2.75, 3.05) is 20.1 Å². The second-order valence-electron chi connectivity index (χ2n) is 4.65. The molecule has 1 N–H and O–H groups in total. The van der Waals surface area contributed by atoms with Crippen LogP contribution in [0, 0.1) is 6.92 Å². The SMILES string of the molecule is CCn1nc(C)cc1CN(C)C1CCNC1. The van der Waals surface area contributed by atoms with E-state index in [0.29, 0.717) is 6.04 Å². The Hall–Kier alpha value is -0.870. The van der Waals surface area contributed by atoms with E-state index in [1.165, 1.54) is 12.1 Å². The van der Waals surface area contributed by atoms with Crippen LogP contribution in [0.15, 0.2) is 6.07 Å². The van der Waals surface area contributed by atoms with E-state index in [2.05, 4.69) is 47.0 Å². The van der Waals surface area contributed by atoms with E-state index in [-0.39, 0.29) is 0 Å². The molecule has 0 spiro atoms. The molecule has 4 nitrogen and oxygen atoms in total. The van der Waals surface area contributed by atoms with E-state index < -0.39 is 0 Å². The van der Waals surface area contributed by atoms with Gasteiger partial charge in [-0.1, -0.05) is 0 Å². The molecule has 4 heteroatoms. The Kier molecular flexibility index (Phi) is 3.61. The van der Waals surface area contributed by atoms with E-state index >= 15 is 0 Å². The maximum absolute atomic E-state index is 4.48. The number of likely N-dealkylation sites (N-methyl/N-ethyl adjacent to an activating group) is 1. The predicted octanol–water partition coefficient (Wildman–Crippen LogP) is 1.01. The van der Waals surface area contributed by atoms with Gasteiger partial charge in [-0.3, -0.25) is 9.58 Å². The minimum absolute atomic E-state index is 0.681. The molecule has 2 rings (SSSR count). The van der Waals surface area contributed by atoms with Crippen molar-refractivity contribution < 1.29 is 0 Å². The van der Waals surface area contributed by atoms with Gasteiger partial charge in [0.25, 0.3) is 0 Å². The molecular formula is C12H22N4. The molecule has 1 saturated heterocycles. The van der Waals surface area contributed by atoms with Crippen molar-refractivity contribution in [3.8, 4) is 0 Å². The third-order valence-electron chi connectivity index (χ3n) is 3.35. The number of hydrogen-bond acceptors (Lipinski definition) is 3. The van der Waals surface area contributed by atoms with Crippen LogP contribution in [0.2, 0.25) is 0 Å². The van der Waals surface area contributed by atoms with Gasteiger partial charge in [-0.2, -0.15) is 5.10 Å². The Morgan fingerprint density at radius 3 is 3.06 bits per heavy atom. The highest BCUT2D eigenvalue weighted by atomic mass is 15.3. The van der Waals surface area contributed by atoms with Crippen molar-refractivity contribution in [3.05, 3.63) is 17.5 Å². The number of aryl methyl sites for hydroxylation is 2. The predicted molar refractivity (Wildman–Crippen MR) is 65.4 cm³/mol. The zero-order valence-electron chi connectivity index (χ0n) is 10.5. The van der Waals surface area contributed by atoms with Gasteiger partial charge in [-0.15, -0.1) is 0 Å². The maximum Gasteiger partial charge on any atom is 0.0597 e. The molecule has 1 fully saturated rings. The van der Waals surface area contributed by atoms with Gasteiger partial charge < -0.3 is 5.32 Å². The first-order valence-electron chi connectivity index (χ1n) is 6.15. The lowest BCUT2D eigenvalue weighted by molar-refractivity contribution is 0.241. The van der Waals surface area contributed by atoms with Crippen LogP contribution >= 0.6 is 0 Å². The van der Waals surface area contributed by atoms with Crippen molar-refractivity contribution in [2.45, 2.75) is 39.4 Å². The zero-order valence-corrected chi connectivity index (χ0v) is 10.5. The monoisotopic (exact) mass is 222 g/mol. The summed E-state index contributed by atoms with van der Waals surface area (Å²) in [7, 11) is 2.21. The summed E-state index contributed by atoms with van der Waals surface area (Å²) in [5.41, 5.74) is 2.45. The molecule has 1 aliphatic heterocycles. The fourth-order valence-corrected chi connectivity index (χ4v) is 2.40. The topological polar surface area (TPSA) is 33.1 Å². The average Bonchev–Trinajstić information content (AvgIpc) is 2.87. The van der Waals surface area contributed by atoms with Gasteiger partial charge in [0.1, 0.15) is 0 Å². The van der Waals surface area contributed by atoms with Crippen molar-refractivity contribution in [1.82, 2.24) is 20.0 Å². The molecule has 1 aromatic heterocycles. The van der Waals surface area contributed by atoms with Gasteiger partial charge >= 0.3 is 0 Å². The molecule has 0 aliphatic carbocycles. The molecule has 1 aliphatic rings. The molecule has 90 valence electrons. The molecule has 0 amide bonds. The summed E-state index contributed by atoms with van der Waals surface area (Å²) in [6, 6.07) is 2.88. The van der Waals surface area contributed by atoms with Gasteiger partial charge in [0, 0.05) is 25.7 Å². The Labute approximate surface area is 97.6 Å². The molecule has 0 radical (unpaired) electrons. The zero-order chi connectivity index (χ0) is 11.5. The first-order chi connectivity index (χ1) is 7.70. The van der Waals surface area contributed by atoms with Crippen LogP contribution in [-0.2, 0) is 13.1 Å². The Morgan fingerprint density at radius 2 is 2.44 bits per heavy atom. The molecule has 1 aromatic rings. The summed E-state index contributed by atoms with van der Waals surface area (Å²) in [6.07, 6.45) is 1.26. The third kappa shape index (κ3) is 2.44. The summed E-state index contributed by atoms with van der Waals surface area (Å²) in [4.78, 5) is 2.43. The van der Waals surface area contributed by atoms with E-state index in [0.717, 1.165) is 31.9 Å². The van der Waals surface area contributed by atoms with Crippen LogP contribution in [-0.4, -0.2) is 40.9 Å². The van der Waals surface area contributed by atoms with Gasteiger partial charge in [-0.05, 0) is 39.9 Å². The molecule has 1 atom stereocenters. The summed E-state index contributed by atoms with van der Waals surface area (Å²) in [6.45, 7) is 8.44. The molecule has 16 heavy (non-hydrogen) atoms. The van der Waals surface area contributed by atoms with Gasteiger partial charge in [0.15, 0.2) is 0 Å². The first-order valence-corrected chi connectivity index (χ1v) is 6.15. The standard InChI is InChI=1S/C12H22N4/c1-4-16-12(7-10(2)14-16)9-15(3)11-5-6-13-8-11/h7,11,13H,4-6,8-9H2,1-3H3. The van der Waals surface area contributed by atoms with Crippen LogP contribution in [0.4, 0.5) is 0 Å². The number of rotatable bonds is 4. The quantitative estimate of drug-likeness (QED) is 0.825. The summed E-state index contributed by atoms with van der Waals surface area (Å²) >= 11 is 0. The highest BCUT2D eigenvalue weighted by Gasteiger charge is 2.20. The van der Waals surface area contributed by atoms with Crippen LogP contribution in [0.25, 0.3) is 0 Å².